The number of rotatable bonds is 4. The minimum atomic E-state index is -0.267. The number of carbonyl (C=O) groups is 1. The van der Waals surface area contributed by atoms with Gasteiger partial charge in [-0.05, 0) is 46.3 Å². The summed E-state index contributed by atoms with van der Waals surface area (Å²) in [5.74, 6) is -0.267. The molecular formula is C16H17NO2. The highest BCUT2D eigenvalue weighted by Gasteiger charge is 2.04. The van der Waals surface area contributed by atoms with Crippen molar-refractivity contribution in [3.8, 4) is 0 Å². The predicted octanol–water partition coefficient (Wildman–Crippen LogP) is 3.09. The van der Waals surface area contributed by atoms with Gasteiger partial charge >= 0.3 is 5.97 Å². The van der Waals surface area contributed by atoms with E-state index >= 15 is 0 Å². The van der Waals surface area contributed by atoms with Crippen molar-refractivity contribution in [2.45, 2.75) is 13.5 Å². The summed E-state index contributed by atoms with van der Waals surface area (Å²) in [5, 5.41) is 5.28. The monoisotopic (exact) mass is 255 g/mol. The summed E-state index contributed by atoms with van der Waals surface area (Å²) in [6, 6.07) is 12.3. The van der Waals surface area contributed by atoms with Crippen molar-refractivity contribution in [1.82, 2.24) is 5.32 Å². The molecule has 0 saturated heterocycles. The van der Waals surface area contributed by atoms with Gasteiger partial charge in [0.15, 0.2) is 0 Å². The van der Waals surface area contributed by atoms with E-state index in [9.17, 15) is 4.79 Å². The van der Waals surface area contributed by atoms with Crippen LogP contribution in [0.3, 0.4) is 0 Å². The fraction of sp³-hybridized carbons (Fsp3) is 0.188. The lowest BCUT2D eigenvalue weighted by molar-refractivity contribution is -0.142. The van der Waals surface area contributed by atoms with Gasteiger partial charge in [0.2, 0.25) is 0 Å². The fourth-order valence-electron chi connectivity index (χ4n) is 1.94. The summed E-state index contributed by atoms with van der Waals surface area (Å²) in [6.45, 7) is 1.72. The van der Waals surface area contributed by atoms with Gasteiger partial charge < -0.3 is 10.1 Å². The van der Waals surface area contributed by atoms with Crippen molar-refractivity contribution >= 4 is 22.8 Å². The van der Waals surface area contributed by atoms with E-state index in [2.05, 4.69) is 29.6 Å². The minimum Gasteiger partial charge on any atom is -0.461 e. The van der Waals surface area contributed by atoms with E-state index in [1.807, 2.05) is 31.5 Å². The maximum Gasteiger partial charge on any atom is 0.302 e. The van der Waals surface area contributed by atoms with Crippen LogP contribution in [0.2, 0.25) is 0 Å². The highest BCUT2D eigenvalue weighted by molar-refractivity contribution is 5.86. The lowest BCUT2D eigenvalue weighted by Gasteiger charge is -2.09. The van der Waals surface area contributed by atoms with Crippen molar-refractivity contribution in [3.05, 3.63) is 53.7 Å². The molecule has 0 aliphatic carbocycles. The third-order valence-electron chi connectivity index (χ3n) is 2.87. The zero-order valence-electron chi connectivity index (χ0n) is 11.1. The average Bonchev–Trinajstić information content (AvgIpc) is 2.42. The Kier molecular flexibility index (Phi) is 4.18. The number of nitrogens with one attached hydrogen (secondary N) is 1. The Morgan fingerprint density at radius 2 is 1.95 bits per heavy atom. The minimum absolute atomic E-state index is 0.267. The van der Waals surface area contributed by atoms with Crippen LogP contribution in [0, 0.1) is 0 Å². The zero-order chi connectivity index (χ0) is 13.7. The molecule has 2 rings (SSSR count). The molecule has 0 atom stereocenters. The Morgan fingerprint density at radius 1 is 1.26 bits per heavy atom. The number of carbonyl (C=O) groups excluding carboxylic acids is 1. The molecule has 98 valence electrons. The molecule has 0 fully saturated rings. The molecule has 0 amide bonds. The molecule has 0 aromatic heterocycles. The van der Waals surface area contributed by atoms with Gasteiger partial charge in [-0.2, -0.15) is 0 Å². The van der Waals surface area contributed by atoms with Crippen LogP contribution in [-0.2, 0) is 16.1 Å². The third-order valence-corrected chi connectivity index (χ3v) is 2.87. The molecule has 3 nitrogen and oxygen atoms in total. The van der Waals surface area contributed by atoms with E-state index in [1.54, 1.807) is 0 Å². The summed E-state index contributed by atoms with van der Waals surface area (Å²) in [7, 11) is 1.85. The lowest BCUT2D eigenvalue weighted by Crippen LogP contribution is -2.01. The van der Waals surface area contributed by atoms with E-state index in [4.69, 9.17) is 4.74 Å². The number of esters is 1. The topological polar surface area (TPSA) is 38.3 Å². The first-order chi connectivity index (χ1) is 9.20. The molecular weight excluding hydrogens is 238 g/mol. The molecule has 0 bridgehead atoms. The molecule has 0 spiro atoms. The SMILES string of the molecule is CN/C=C/c1cc2ccccc2cc1COC(C)=O. The Morgan fingerprint density at radius 3 is 2.58 bits per heavy atom. The second-order valence-corrected chi connectivity index (χ2v) is 4.30. The molecule has 0 aliphatic rings. The average molecular weight is 255 g/mol. The normalized spacial score (nSPS) is 10.8. The highest BCUT2D eigenvalue weighted by atomic mass is 16.5. The van der Waals surface area contributed by atoms with Crippen molar-refractivity contribution in [2.24, 2.45) is 0 Å². The molecule has 0 heterocycles. The Bertz CT molecular complexity index is 617. The maximum atomic E-state index is 11.0. The van der Waals surface area contributed by atoms with Gasteiger partial charge in [0.1, 0.15) is 6.61 Å². The summed E-state index contributed by atoms with van der Waals surface area (Å²) >= 11 is 0. The fourth-order valence-corrected chi connectivity index (χ4v) is 1.94. The molecule has 19 heavy (non-hydrogen) atoms. The molecule has 2 aromatic rings. The Labute approximate surface area is 112 Å². The summed E-state index contributed by atoms with van der Waals surface area (Å²) in [6.07, 6.45) is 3.84. The number of hydrogen-bond acceptors (Lipinski definition) is 3. The molecule has 0 radical (unpaired) electrons. The predicted molar refractivity (Wildman–Crippen MR) is 77.5 cm³/mol. The van der Waals surface area contributed by atoms with E-state index in [-0.39, 0.29) is 5.97 Å². The van der Waals surface area contributed by atoms with E-state index in [0.29, 0.717) is 6.61 Å². The van der Waals surface area contributed by atoms with Crippen molar-refractivity contribution in [2.75, 3.05) is 7.05 Å². The van der Waals surface area contributed by atoms with Crippen LogP contribution in [0.25, 0.3) is 16.8 Å². The molecule has 0 aliphatic heterocycles. The first kappa shape index (κ1) is 13.1. The second-order valence-electron chi connectivity index (χ2n) is 4.30. The van der Waals surface area contributed by atoms with Crippen LogP contribution in [0.5, 0.6) is 0 Å². The van der Waals surface area contributed by atoms with Crippen LogP contribution in [0.15, 0.2) is 42.6 Å². The number of hydrogen-bond donors (Lipinski definition) is 1. The van der Waals surface area contributed by atoms with E-state index in [0.717, 1.165) is 16.5 Å². The van der Waals surface area contributed by atoms with Crippen molar-refractivity contribution in [1.29, 1.82) is 0 Å². The summed E-state index contributed by atoms with van der Waals surface area (Å²) in [4.78, 5) is 11.0. The first-order valence-corrected chi connectivity index (χ1v) is 6.19. The van der Waals surface area contributed by atoms with Gasteiger partial charge in [0, 0.05) is 14.0 Å². The second kappa shape index (κ2) is 6.05. The maximum absolute atomic E-state index is 11.0. The van der Waals surface area contributed by atoms with Gasteiger partial charge in [0.25, 0.3) is 0 Å². The standard InChI is InChI=1S/C16H17NO2/c1-12(18)19-11-16-10-14-6-4-3-5-13(14)9-15(16)7-8-17-2/h3-10,17H,11H2,1-2H3/b8-7+. The van der Waals surface area contributed by atoms with Gasteiger partial charge in [0.05, 0.1) is 0 Å². The van der Waals surface area contributed by atoms with Gasteiger partial charge in [-0.3, -0.25) is 4.79 Å². The third kappa shape index (κ3) is 3.35. The zero-order valence-corrected chi connectivity index (χ0v) is 11.1. The van der Waals surface area contributed by atoms with Crippen LogP contribution >= 0.6 is 0 Å². The Balaban J connectivity index is 2.44. The molecule has 3 heteroatoms. The van der Waals surface area contributed by atoms with Crippen LogP contribution in [0.1, 0.15) is 18.1 Å². The van der Waals surface area contributed by atoms with Gasteiger partial charge in [-0.1, -0.05) is 24.3 Å². The van der Waals surface area contributed by atoms with Crippen LogP contribution in [0.4, 0.5) is 0 Å². The largest absolute Gasteiger partial charge is 0.461 e. The van der Waals surface area contributed by atoms with Crippen molar-refractivity contribution < 1.29 is 9.53 Å². The van der Waals surface area contributed by atoms with Gasteiger partial charge in [-0.25, -0.2) is 0 Å². The number of benzene rings is 2. The number of ether oxygens (including phenoxy) is 1. The molecule has 0 unspecified atom stereocenters. The smallest absolute Gasteiger partial charge is 0.302 e. The summed E-state index contributed by atoms with van der Waals surface area (Å²) in [5.41, 5.74) is 2.05. The van der Waals surface area contributed by atoms with E-state index < -0.39 is 0 Å². The molecule has 0 saturated carbocycles. The van der Waals surface area contributed by atoms with Crippen molar-refractivity contribution in [3.63, 3.8) is 0 Å². The molecule has 2 aromatic carbocycles. The molecule has 1 N–H and O–H groups in total. The first-order valence-electron chi connectivity index (χ1n) is 6.19. The Hall–Kier alpha value is -2.29. The van der Waals surface area contributed by atoms with E-state index in [1.165, 1.54) is 12.3 Å². The summed E-state index contributed by atoms with van der Waals surface area (Å²) < 4.78 is 5.10. The highest BCUT2D eigenvalue weighted by Crippen LogP contribution is 2.22. The van der Waals surface area contributed by atoms with Crippen LogP contribution in [-0.4, -0.2) is 13.0 Å². The van der Waals surface area contributed by atoms with Gasteiger partial charge in [-0.15, -0.1) is 0 Å². The van der Waals surface area contributed by atoms with Crippen LogP contribution < -0.4 is 5.32 Å². The number of fused-ring (bicyclic) bond motifs is 1. The lowest BCUT2D eigenvalue weighted by atomic mass is 10.0. The quantitative estimate of drug-likeness (QED) is 0.853.